The largest absolute Gasteiger partial charge is 0.382 e. The fourth-order valence-corrected chi connectivity index (χ4v) is 1.84. The molecule has 0 unspecified atom stereocenters. The van der Waals surface area contributed by atoms with Crippen molar-refractivity contribution in [3.8, 4) is 0 Å². The molecule has 4 heteroatoms. The molecule has 0 saturated heterocycles. The minimum Gasteiger partial charge on any atom is -0.382 e. The fraction of sp³-hybridized carbons (Fsp3) is 0.667. The summed E-state index contributed by atoms with van der Waals surface area (Å²) in [6.07, 6.45) is 1.17. The Bertz CT molecular complexity index is 257. The summed E-state index contributed by atoms with van der Waals surface area (Å²) < 4.78 is 1.98. The molecular weight excluding hydrogens is 182 g/mol. The van der Waals surface area contributed by atoms with Gasteiger partial charge in [0.2, 0.25) is 0 Å². The number of nitrogen functional groups attached to an aromatic ring is 1. The molecule has 0 atom stereocenters. The summed E-state index contributed by atoms with van der Waals surface area (Å²) in [5.74, 6) is 3.02. The first-order chi connectivity index (χ1) is 6.24. The van der Waals surface area contributed by atoms with Gasteiger partial charge in [0, 0.05) is 18.3 Å². The Kier molecular flexibility index (Phi) is 4.15. The number of hydrogen-bond acceptors (Lipinski definition) is 3. The molecule has 0 radical (unpaired) electrons. The molecule has 1 heterocycles. The van der Waals surface area contributed by atoms with Crippen molar-refractivity contribution in [2.24, 2.45) is 0 Å². The molecule has 0 amide bonds. The van der Waals surface area contributed by atoms with E-state index in [-0.39, 0.29) is 0 Å². The van der Waals surface area contributed by atoms with Gasteiger partial charge in [-0.3, -0.25) is 4.68 Å². The number of aromatic nitrogens is 2. The molecule has 1 aromatic heterocycles. The third kappa shape index (κ3) is 3.30. The number of nitrogens with zero attached hydrogens (tertiary/aromatic N) is 2. The van der Waals surface area contributed by atoms with E-state index in [9.17, 15) is 0 Å². The van der Waals surface area contributed by atoms with Crippen LogP contribution < -0.4 is 5.73 Å². The van der Waals surface area contributed by atoms with E-state index < -0.39 is 0 Å². The van der Waals surface area contributed by atoms with E-state index in [1.165, 1.54) is 17.9 Å². The Morgan fingerprint density at radius 3 is 2.92 bits per heavy atom. The molecule has 2 N–H and O–H groups in total. The minimum absolute atomic E-state index is 0.626. The summed E-state index contributed by atoms with van der Waals surface area (Å²) in [6.45, 7) is 5.20. The molecule has 1 rings (SSSR count). The molecule has 0 aromatic carbocycles. The van der Waals surface area contributed by atoms with Crippen LogP contribution in [0.4, 0.5) is 5.82 Å². The summed E-state index contributed by atoms with van der Waals surface area (Å²) in [5.41, 5.74) is 6.72. The third-order valence-electron chi connectivity index (χ3n) is 1.86. The van der Waals surface area contributed by atoms with Gasteiger partial charge >= 0.3 is 0 Å². The Hall–Kier alpha value is -0.640. The van der Waals surface area contributed by atoms with Crippen molar-refractivity contribution in [1.82, 2.24) is 9.78 Å². The molecule has 3 nitrogen and oxygen atoms in total. The van der Waals surface area contributed by atoms with Gasteiger partial charge in [0.1, 0.15) is 5.82 Å². The first-order valence-electron chi connectivity index (χ1n) is 4.61. The Balaban J connectivity index is 2.32. The monoisotopic (exact) mass is 199 g/mol. The van der Waals surface area contributed by atoms with Gasteiger partial charge in [-0.1, -0.05) is 6.92 Å². The second-order valence-electron chi connectivity index (χ2n) is 2.98. The van der Waals surface area contributed by atoms with E-state index in [1.807, 2.05) is 29.4 Å². The van der Waals surface area contributed by atoms with Crippen LogP contribution in [0.2, 0.25) is 0 Å². The first-order valence-corrected chi connectivity index (χ1v) is 5.77. The maximum absolute atomic E-state index is 5.57. The molecule has 0 aliphatic carbocycles. The highest BCUT2D eigenvalue weighted by atomic mass is 32.2. The van der Waals surface area contributed by atoms with Crippen LogP contribution in [0, 0.1) is 6.92 Å². The van der Waals surface area contributed by atoms with Crippen LogP contribution in [0.3, 0.4) is 0 Å². The van der Waals surface area contributed by atoms with Crippen LogP contribution in [0.1, 0.15) is 19.0 Å². The zero-order chi connectivity index (χ0) is 9.68. The zero-order valence-corrected chi connectivity index (χ0v) is 9.10. The van der Waals surface area contributed by atoms with E-state index in [4.69, 9.17) is 5.73 Å². The molecule has 13 heavy (non-hydrogen) atoms. The van der Waals surface area contributed by atoms with Gasteiger partial charge in [-0.2, -0.15) is 16.9 Å². The van der Waals surface area contributed by atoms with E-state index in [0.29, 0.717) is 5.82 Å². The summed E-state index contributed by atoms with van der Waals surface area (Å²) in [6, 6.07) is 1.91. The highest BCUT2D eigenvalue weighted by Gasteiger charge is 1.99. The Labute approximate surface area is 83.7 Å². The molecule has 0 bridgehead atoms. The van der Waals surface area contributed by atoms with Gasteiger partial charge < -0.3 is 5.73 Å². The lowest BCUT2D eigenvalue weighted by molar-refractivity contribution is 0.592. The second kappa shape index (κ2) is 5.17. The van der Waals surface area contributed by atoms with Crippen molar-refractivity contribution in [2.45, 2.75) is 26.8 Å². The summed E-state index contributed by atoms with van der Waals surface area (Å²) >= 11 is 1.97. The number of nitrogens with two attached hydrogens (primary N) is 1. The molecule has 0 aliphatic rings. The van der Waals surface area contributed by atoms with E-state index in [0.717, 1.165) is 12.2 Å². The van der Waals surface area contributed by atoms with E-state index in [1.54, 1.807) is 0 Å². The van der Waals surface area contributed by atoms with Gasteiger partial charge in [0.05, 0.1) is 0 Å². The zero-order valence-electron chi connectivity index (χ0n) is 8.29. The third-order valence-corrected chi connectivity index (χ3v) is 2.85. The average molecular weight is 199 g/mol. The lowest BCUT2D eigenvalue weighted by Gasteiger charge is -2.02. The molecule has 74 valence electrons. The van der Waals surface area contributed by atoms with E-state index >= 15 is 0 Å². The van der Waals surface area contributed by atoms with Crippen LogP contribution in [0.5, 0.6) is 0 Å². The van der Waals surface area contributed by atoms with Crippen molar-refractivity contribution >= 4 is 17.6 Å². The van der Waals surface area contributed by atoms with Crippen LogP contribution in [-0.2, 0) is 6.54 Å². The van der Waals surface area contributed by atoms with Crippen LogP contribution >= 0.6 is 11.8 Å². The van der Waals surface area contributed by atoms with Gasteiger partial charge in [0.15, 0.2) is 0 Å². The Morgan fingerprint density at radius 1 is 1.62 bits per heavy atom. The molecule has 1 aromatic rings. The van der Waals surface area contributed by atoms with Crippen molar-refractivity contribution < 1.29 is 0 Å². The summed E-state index contributed by atoms with van der Waals surface area (Å²) in [5, 5.41) is 4.19. The fourth-order valence-electron chi connectivity index (χ4n) is 1.22. The summed E-state index contributed by atoms with van der Waals surface area (Å²) in [7, 11) is 0. The average Bonchev–Trinajstić information content (AvgIpc) is 2.39. The number of hydrogen-bond donors (Lipinski definition) is 1. The molecule has 0 saturated carbocycles. The predicted octanol–water partition coefficient (Wildman–Crippen LogP) is 1.92. The molecule has 0 fully saturated rings. The lowest BCUT2D eigenvalue weighted by Crippen LogP contribution is -2.03. The number of anilines is 1. The second-order valence-corrected chi connectivity index (χ2v) is 4.38. The standard InChI is InChI=1S/C9H17N3S/c1-3-13-6-4-5-12-8(2)7-9(10)11-12/h7H,3-6H2,1-2H3,(H2,10,11). The number of aryl methyl sites for hydroxylation is 2. The van der Waals surface area contributed by atoms with E-state index in [2.05, 4.69) is 12.0 Å². The Morgan fingerprint density at radius 2 is 2.38 bits per heavy atom. The molecule has 0 spiro atoms. The van der Waals surface area contributed by atoms with Gasteiger partial charge in [-0.25, -0.2) is 0 Å². The summed E-state index contributed by atoms with van der Waals surface area (Å²) in [4.78, 5) is 0. The smallest absolute Gasteiger partial charge is 0.145 e. The van der Waals surface area contributed by atoms with Gasteiger partial charge in [-0.15, -0.1) is 0 Å². The minimum atomic E-state index is 0.626. The van der Waals surface area contributed by atoms with Crippen LogP contribution in [-0.4, -0.2) is 21.3 Å². The maximum Gasteiger partial charge on any atom is 0.145 e. The van der Waals surface area contributed by atoms with Crippen molar-refractivity contribution in [2.75, 3.05) is 17.2 Å². The van der Waals surface area contributed by atoms with Crippen molar-refractivity contribution in [3.63, 3.8) is 0 Å². The quantitative estimate of drug-likeness (QED) is 0.737. The molecule has 0 aliphatic heterocycles. The maximum atomic E-state index is 5.57. The highest BCUT2D eigenvalue weighted by molar-refractivity contribution is 7.99. The lowest BCUT2D eigenvalue weighted by atomic mass is 10.4. The molecular formula is C9H17N3S. The normalized spacial score (nSPS) is 10.6. The number of thioether (sulfide) groups is 1. The SMILES string of the molecule is CCSCCCn1nc(N)cc1C. The predicted molar refractivity (Wildman–Crippen MR) is 59.0 cm³/mol. The van der Waals surface area contributed by atoms with Gasteiger partial charge in [0.25, 0.3) is 0 Å². The van der Waals surface area contributed by atoms with Gasteiger partial charge in [-0.05, 0) is 24.9 Å². The van der Waals surface area contributed by atoms with Crippen LogP contribution in [0.25, 0.3) is 0 Å². The van der Waals surface area contributed by atoms with Crippen molar-refractivity contribution in [1.29, 1.82) is 0 Å². The topological polar surface area (TPSA) is 43.8 Å². The first kappa shape index (κ1) is 10.4. The van der Waals surface area contributed by atoms with Crippen molar-refractivity contribution in [3.05, 3.63) is 11.8 Å². The highest BCUT2D eigenvalue weighted by Crippen LogP contribution is 2.07. The number of rotatable bonds is 5. The van der Waals surface area contributed by atoms with Crippen LogP contribution in [0.15, 0.2) is 6.07 Å².